The Bertz CT molecular complexity index is 521. The van der Waals surface area contributed by atoms with E-state index in [0.717, 1.165) is 15.0 Å². The third-order valence-corrected chi connectivity index (χ3v) is 6.10. The number of hydrogen-bond acceptors (Lipinski definition) is 4. The minimum Gasteiger partial charge on any atom is -0.348 e. The average molecular weight is 277 g/mol. The fraction of sp³-hybridized carbons (Fsp3) is 0.538. The zero-order chi connectivity index (χ0) is 12.6. The van der Waals surface area contributed by atoms with Crippen LogP contribution in [0, 0.1) is 11.3 Å². The smallest absolute Gasteiger partial charge is 0.165 e. The molecule has 1 spiro atoms. The summed E-state index contributed by atoms with van der Waals surface area (Å²) >= 11 is 3.32. The van der Waals surface area contributed by atoms with Gasteiger partial charge in [0.15, 0.2) is 5.17 Å². The molecule has 2 aliphatic rings. The molecular weight excluding hydrogens is 262 g/mol. The molecule has 0 radical (unpaired) electrons. The lowest BCUT2D eigenvalue weighted by Crippen LogP contribution is -2.42. The van der Waals surface area contributed by atoms with Crippen LogP contribution in [0.2, 0.25) is 0 Å². The van der Waals surface area contributed by atoms with Gasteiger partial charge in [-0.05, 0) is 25.0 Å². The minimum absolute atomic E-state index is 0.360. The zero-order valence-electron chi connectivity index (χ0n) is 10.3. The Morgan fingerprint density at radius 3 is 2.83 bits per heavy atom. The van der Waals surface area contributed by atoms with Gasteiger partial charge in [-0.1, -0.05) is 24.6 Å². The molecule has 18 heavy (non-hydrogen) atoms. The molecule has 0 aromatic carbocycles. The Hall–Kier alpha value is -0.990. The van der Waals surface area contributed by atoms with E-state index in [1.807, 2.05) is 23.9 Å². The molecule has 1 aliphatic heterocycles. The Labute approximate surface area is 116 Å². The van der Waals surface area contributed by atoms with Crippen LogP contribution in [0.25, 0.3) is 0 Å². The van der Waals surface area contributed by atoms with E-state index in [4.69, 9.17) is 10.3 Å². The first-order valence-corrected chi connectivity index (χ1v) is 7.99. The quantitative estimate of drug-likeness (QED) is 0.787. The van der Waals surface area contributed by atoms with Crippen LogP contribution >= 0.6 is 23.1 Å². The molecule has 1 aliphatic carbocycles. The molecule has 1 saturated heterocycles. The molecule has 0 N–H and O–H groups in total. The van der Waals surface area contributed by atoms with E-state index < -0.39 is 0 Å². The molecule has 3 nitrogen and oxygen atoms in total. The average Bonchev–Trinajstić information content (AvgIpc) is 3.08. The molecule has 0 atom stereocenters. The third kappa shape index (κ3) is 1.94. The Morgan fingerprint density at radius 2 is 2.17 bits per heavy atom. The highest BCUT2D eigenvalue weighted by Crippen LogP contribution is 2.44. The van der Waals surface area contributed by atoms with Gasteiger partial charge < -0.3 is 4.90 Å². The highest BCUT2D eigenvalue weighted by Gasteiger charge is 2.44. The number of nitrogens with zero attached hydrogens (tertiary/aromatic N) is 3. The van der Waals surface area contributed by atoms with Gasteiger partial charge in [-0.15, -0.1) is 11.3 Å². The van der Waals surface area contributed by atoms with Crippen LogP contribution in [0.1, 0.15) is 30.6 Å². The van der Waals surface area contributed by atoms with Crippen molar-refractivity contribution in [1.29, 1.82) is 5.26 Å². The Morgan fingerprint density at radius 1 is 1.39 bits per heavy atom. The summed E-state index contributed by atoms with van der Waals surface area (Å²) in [5, 5.41) is 10.9. The summed E-state index contributed by atoms with van der Waals surface area (Å²) in [6.07, 6.45) is 5.28. The van der Waals surface area contributed by atoms with Crippen molar-refractivity contribution >= 4 is 33.3 Å². The van der Waals surface area contributed by atoms with Gasteiger partial charge in [0.05, 0.1) is 5.54 Å². The van der Waals surface area contributed by atoms with Gasteiger partial charge in [-0.25, -0.2) is 4.99 Å². The van der Waals surface area contributed by atoms with Crippen molar-refractivity contribution in [1.82, 2.24) is 4.90 Å². The van der Waals surface area contributed by atoms with Crippen LogP contribution in [0.5, 0.6) is 0 Å². The van der Waals surface area contributed by atoms with Crippen molar-refractivity contribution in [2.24, 2.45) is 4.99 Å². The van der Waals surface area contributed by atoms with Gasteiger partial charge in [0.1, 0.15) is 15.9 Å². The van der Waals surface area contributed by atoms with Crippen molar-refractivity contribution in [3.05, 3.63) is 17.0 Å². The minimum atomic E-state index is 0.360. The van der Waals surface area contributed by atoms with Gasteiger partial charge in [0.25, 0.3) is 0 Å². The summed E-state index contributed by atoms with van der Waals surface area (Å²) in [6.45, 7) is 0. The molecular formula is C13H15N3S2. The first-order valence-electron chi connectivity index (χ1n) is 6.19. The van der Waals surface area contributed by atoms with Crippen molar-refractivity contribution in [2.45, 2.75) is 31.2 Å². The second kappa shape index (κ2) is 4.60. The maximum Gasteiger partial charge on any atom is 0.165 e. The maximum absolute atomic E-state index is 8.83. The number of nitriles is 1. The third-order valence-electron chi connectivity index (χ3n) is 3.91. The summed E-state index contributed by atoms with van der Waals surface area (Å²) in [5.74, 6) is 1.17. The van der Waals surface area contributed by atoms with Crippen LogP contribution in [-0.4, -0.2) is 28.4 Å². The molecule has 1 aromatic heterocycles. The largest absolute Gasteiger partial charge is 0.348 e. The van der Waals surface area contributed by atoms with E-state index >= 15 is 0 Å². The van der Waals surface area contributed by atoms with E-state index in [1.54, 1.807) is 0 Å². The Balaban J connectivity index is 1.83. The second-order valence-corrected chi connectivity index (χ2v) is 6.93. The molecule has 0 amide bonds. The molecule has 94 valence electrons. The number of hydrogen-bond donors (Lipinski definition) is 0. The first kappa shape index (κ1) is 12.1. The Kier molecular flexibility index (Phi) is 3.08. The van der Waals surface area contributed by atoms with Crippen LogP contribution in [-0.2, 0) is 0 Å². The van der Waals surface area contributed by atoms with Crippen molar-refractivity contribution in [2.75, 3.05) is 12.8 Å². The SMILES string of the molecule is CN1/C(=N/c2ccc(C#N)s2)SCC12CCCC2. The second-order valence-electron chi connectivity index (χ2n) is 4.92. The monoisotopic (exact) mass is 277 g/mol. The summed E-state index contributed by atoms with van der Waals surface area (Å²) in [6, 6.07) is 5.94. The number of aliphatic imine (C=N–C) groups is 1. The van der Waals surface area contributed by atoms with Crippen LogP contribution < -0.4 is 0 Å². The molecule has 5 heteroatoms. The van der Waals surface area contributed by atoms with E-state index in [2.05, 4.69) is 18.0 Å². The molecule has 1 saturated carbocycles. The maximum atomic E-state index is 8.83. The van der Waals surface area contributed by atoms with E-state index in [9.17, 15) is 0 Å². The lowest BCUT2D eigenvalue weighted by Gasteiger charge is -2.31. The topological polar surface area (TPSA) is 39.4 Å². The lowest BCUT2D eigenvalue weighted by molar-refractivity contribution is 0.256. The summed E-state index contributed by atoms with van der Waals surface area (Å²) in [5.41, 5.74) is 0.360. The van der Waals surface area contributed by atoms with E-state index in [-0.39, 0.29) is 0 Å². The van der Waals surface area contributed by atoms with E-state index in [1.165, 1.54) is 42.8 Å². The number of amidine groups is 1. The summed E-state index contributed by atoms with van der Waals surface area (Å²) < 4.78 is 0. The molecule has 2 heterocycles. The van der Waals surface area contributed by atoms with Crippen molar-refractivity contribution in [3.63, 3.8) is 0 Å². The molecule has 2 fully saturated rings. The normalized spacial score (nSPS) is 24.0. The number of rotatable bonds is 1. The molecule has 0 unspecified atom stereocenters. The predicted molar refractivity (Wildman–Crippen MR) is 77.5 cm³/mol. The summed E-state index contributed by atoms with van der Waals surface area (Å²) in [7, 11) is 2.17. The van der Waals surface area contributed by atoms with Crippen LogP contribution in [0.15, 0.2) is 17.1 Å². The van der Waals surface area contributed by atoms with Gasteiger partial charge in [-0.2, -0.15) is 5.26 Å². The molecule has 0 bridgehead atoms. The predicted octanol–water partition coefficient (Wildman–Crippen LogP) is 3.60. The highest BCUT2D eigenvalue weighted by atomic mass is 32.2. The zero-order valence-corrected chi connectivity index (χ0v) is 12.0. The van der Waals surface area contributed by atoms with Gasteiger partial charge in [0, 0.05) is 12.8 Å². The van der Waals surface area contributed by atoms with Gasteiger partial charge in [0.2, 0.25) is 0 Å². The standard InChI is InChI=1S/C13H15N3S2/c1-16-12(15-11-5-4-10(8-14)18-11)17-9-13(16)6-2-3-7-13/h4-5H,2-3,6-7,9H2,1H3/b15-12-. The van der Waals surface area contributed by atoms with Gasteiger partial charge >= 0.3 is 0 Å². The van der Waals surface area contributed by atoms with Gasteiger partial charge in [-0.3, -0.25) is 0 Å². The highest BCUT2D eigenvalue weighted by molar-refractivity contribution is 8.14. The van der Waals surface area contributed by atoms with E-state index in [0.29, 0.717) is 5.54 Å². The van der Waals surface area contributed by atoms with Crippen LogP contribution in [0.3, 0.4) is 0 Å². The molecule has 3 rings (SSSR count). The fourth-order valence-electron chi connectivity index (χ4n) is 2.76. The van der Waals surface area contributed by atoms with Crippen molar-refractivity contribution < 1.29 is 0 Å². The number of thioether (sulfide) groups is 1. The van der Waals surface area contributed by atoms with Crippen molar-refractivity contribution in [3.8, 4) is 6.07 Å². The summed E-state index contributed by atoms with van der Waals surface area (Å²) in [4.78, 5) is 7.80. The lowest BCUT2D eigenvalue weighted by atomic mass is 9.99. The molecule has 1 aromatic rings. The first-order chi connectivity index (χ1) is 8.73. The van der Waals surface area contributed by atoms with Crippen LogP contribution in [0.4, 0.5) is 5.00 Å². The fourth-order valence-corrected chi connectivity index (χ4v) is 4.92. The number of thiophene rings is 1.